The van der Waals surface area contributed by atoms with Crippen LogP contribution in [0, 0.1) is 13.8 Å². The Kier molecular flexibility index (Phi) is 4.99. The van der Waals surface area contributed by atoms with E-state index in [1.807, 2.05) is 12.1 Å². The van der Waals surface area contributed by atoms with Gasteiger partial charge in [0.25, 0.3) is 0 Å². The summed E-state index contributed by atoms with van der Waals surface area (Å²) in [7, 11) is 0. The quantitative estimate of drug-likeness (QED) is 0.315. The molecule has 1 aromatic carbocycles. The van der Waals surface area contributed by atoms with Gasteiger partial charge in [-0.25, -0.2) is 4.98 Å². The third-order valence-corrected chi connectivity index (χ3v) is 7.59. The van der Waals surface area contributed by atoms with E-state index in [-0.39, 0.29) is 0 Å². The van der Waals surface area contributed by atoms with E-state index in [0.717, 1.165) is 59.9 Å². The Hall–Kier alpha value is -3.51. The molecule has 1 atom stereocenters. The topological polar surface area (TPSA) is 78.1 Å². The number of piperidine rings is 1. The van der Waals surface area contributed by atoms with Gasteiger partial charge in [0.15, 0.2) is 0 Å². The molecular weight excluding hydrogens is 420 g/mol. The highest BCUT2D eigenvalue weighted by atomic mass is 15.2. The van der Waals surface area contributed by atoms with E-state index >= 15 is 0 Å². The van der Waals surface area contributed by atoms with E-state index in [1.165, 1.54) is 22.3 Å². The van der Waals surface area contributed by atoms with Gasteiger partial charge >= 0.3 is 0 Å². The summed E-state index contributed by atoms with van der Waals surface area (Å²) in [5.41, 5.74) is 15.3. The number of hydrogen-bond acceptors (Lipinski definition) is 3. The second-order valence-corrected chi connectivity index (χ2v) is 9.79. The predicted octanol–water partition coefficient (Wildman–Crippen LogP) is 5.95. The van der Waals surface area contributed by atoms with Gasteiger partial charge in [-0.05, 0) is 82.6 Å². The highest BCUT2D eigenvalue weighted by Gasteiger charge is 2.29. The van der Waals surface area contributed by atoms with Crippen LogP contribution in [-0.4, -0.2) is 37.3 Å². The van der Waals surface area contributed by atoms with Crippen molar-refractivity contribution in [3.05, 3.63) is 77.5 Å². The number of likely N-dealkylation sites (tertiary alicyclic amines) is 1. The number of fused-ring (bicyclic) bond motifs is 2. The number of nitrogen functional groups attached to an aromatic ring is 1. The van der Waals surface area contributed by atoms with Crippen molar-refractivity contribution in [2.24, 2.45) is 0 Å². The summed E-state index contributed by atoms with van der Waals surface area (Å²) in [5.74, 6) is 1.53. The fourth-order valence-corrected chi connectivity index (χ4v) is 5.79. The number of hydrogen-bond donors (Lipinski definition) is 3. The van der Waals surface area contributed by atoms with Crippen LogP contribution in [0.4, 0.5) is 5.69 Å². The minimum atomic E-state index is 0.407. The molecule has 174 valence electrons. The van der Waals surface area contributed by atoms with Gasteiger partial charge in [0.1, 0.15) is 11.5 Å². The maximum absolute atomic E-state index is 6.49. The van der Waals surface area contributed by atoms with E-state index in [9.17, 15) is 0 Å². The molecule has 4 aromatic heterocycles. The monoisotopic (exact) mass is 452 g/mol. The van der Waals surface area contributed by atoms with Crippen LogP contribution in [0.5, 0.6) is 0 Å². The first-order valence-electron chi connectivity index (χ1n) is 12.2. The molecule has 1 unspecified atom stereocenters. The number of aryl methyl sites for hydroxylation is 2. The number of aromatic amines is 2. The van der Waals surface area contributed by atoms with Crippen LogP contribution >= 0.6 is 0 Å². The molecule has 5 heterocycles. The van der Waals surface area contributed by atoms with Gasteiger partial charge in [-0.15, -0.1) is 0 Å². The number of benzene rings is 1. The van der Waals surface area contributed by atoms with Crippen LogP contribution in [0.3, 0.4) is 0 Å². The molecule has 0 aliphatic carbocycles. The molecule has 0 radical (unpaired) electrons. The van der Waals surface area contributed by atoms with Gasteiger partial charge in [0, 0.05) is 40.4 Å². The lowest BCUT2D eigenvalue weighted by Crippen LogP contribution is -2.35. The summed E-state index contributed by atoms with van der Waals surface area (Å²) in [5, 5.41) is 1.19. The number of pyridine rings is 1. The van der Waals surface area contributed by atoms with Crippen LogP contribution < -0.4 is 5.73 Å². The molecule has 4 N–H and O–H groups in total. The molecule has 0 saturated carbocycles. The molecular formula is C28H32N6. The van der Waals surface area contributed by atoms with Crippen LogP contribution in [-0.2, 0) is 0 Å². The fraction of sp³-hybridized carbons (Fsp3) is 0.321. The summed E-state index contributed by atoms with van der Waals surface area (Å²) in [6.07, 6.45) is 4.29. The average Bonchev–Trinajstić information content (AvgIpc) is 3.53. The minimum absolute atomic E-state index is 0.407. The number of nitrogens with one attached hydrogen (secondary N) is 2. The lowest BCUT2D eigenvalue weighted by atomic mass is 9.94. The molecule has 6 rings (SSSR count). The second-order valence-electron chi connectivity index (χ2n) is 9.79. The zero-order valence-corrected chi connectivity index (χ0v) is 20.1. The third-order valence-electron chi connectivity index (χ3n) is 7.59. The Balaban J connectivity index is 1.32. The molecule has 5 aromatic rings. The highest BCUT2D eigenvalue weighted by molar-refractivity contribution is 5.92. The fourth-order valence-electron chi connectivity index (χ4n) is 5.79. The number of imidazole rings is 1. The molecule has 6 nitrogen and oxygen atoms in total. The van der Waals surface area contributed by atoms with Gasteiger partial charge in [0.2, 0.25) is 0 Å². The maximum Gasteiger partial charge on any atom is 0.117 e. The van der Waals surface area contributed by atoms with Gasteiger partial charge in [-0.2, -0.15) is 0 Å². The molecule has 34 heavy (non-hydrogen) atoms. The first kappa shape index (κ1) is 21.1. The van der Waals surface area contributed by atoms with Crippen LogP contribution in [0.25, 0.3) is 27.8 Å². The van der Waals surface area contributed by atoms with Crippen LogP contribution in [0.1, 0.15) is 54.5 Å². The molecule has 1 saturated heterocycles. The van der Waals surface area contributed by atoms with E-state index in [0.29, 0.717) is 12.0 Å². The normalized spacial score (nSPS) is 16.6. The number of para-hydroxylation sites is 1. The molecule has 1 aliphatic rings. The van der Waals surface area contributed by atoms with Crippen molar-refractivity contribution in [2.45, 2.75) is 45.6 Å². The zero-order valence-electron chi connectivity index (χ0n) is 20.1. The summed E-state index contributed by atoms with van der Waals surface area (Å²) < 4.78 is 2.22. The van der Waals surface area contributed by atoms with E-state index in [4.69, 9.17) is 10.7 Å². The molecule has 1 aliphatic heterocycles. The Bertz CT molecular complexity index is 1440. The molecule has 1 fully saturated rings. The lowest BCUT2D eigenvalue weighted by Gasteiger charge is -2.35. The number of nitrogens with zero attached hydrogens (tertiary/aromatic N) is 3. The number of aromatic nitrogens is 4. The second kappa shape index (κ2) is 8.06. The standard InChI is InChI=1S/C28H32N6/c1-17-15-22(18(2)30-17)19(3)33-13-10-20(11-14-33)28-32-26(27-23(29)8-6-12-34(27)28)25-16-21-7-4-5-9-24(21)31-25/h4-9,12,15-16,19-20,30-31H,10-11,13-14,29H2,1-3H3. The number of rotatable bonds is 4. The average molecular weight is 453 g/mol. The first-order valence-corrected chi connectivity index (χ1v) is 12.2. The molecule has 0 spiro atoms. The van der Waals surface area contributed by atoms with Crippen molar-refractivity contribution >= 4 is 22.1 Å². The van der Waals surface area contributed by atoms with Crippen molar-refractivity contribution < 1.29 is 0 Å². The van der Waals surface area contributed by atoms with Crippen molar-refractivity contribution in [3.8, 4) is 11.4 Å². The predicted molar refractivity (Wildman–Crippen MR) is 139 cm³/mol. The van der Waals surface area contributed by atoms with Crippen molar-refractivity contribution in [1.82, 2.24) is 24.3 Å². The summed E-state index contributed by atoms with van der Waals surface area (Å²) >= 11 is 0. The maximum atomic E-state index is 6.49. The Morgan fingerprint density at radius 2 is 1.82 bits per heavy atom. The Labute approximate surface area is 199 Å². The van der Waals surface area contributed by atoms with E-state index in [2.05, 4.69) is 82.6 Å². The number of nitrogens with two attached hydrogens (primary N) is 1. The highest BCUT2D eigenvalue weighted by Crippen LogP contribution is 2.37. The van der Waals surface area contributed by atoms with Crippen molar-refractivity contribution in [1.29, 1.82) is 0 Å². The summed E-state index contributed by atoms with van der Waals surface area (Å²) in [4.78, 5) is 14.8. The minimum Gasteiger partial charge on any atom is -0.397 e. The summed E-state index contributed by atoms with van der Waals surface area (Å²) in [6.45, 7) is 8.77. The van der Waals surface area contributed by atoms with E-state index < -0.39 is 0 Å². The first-order chi connectivity index (χ1) is 16.5. The van der Waals surface area contributed by atoms with Crippen molar-refractivity contribution in [3.63, 3.8) is 0 Å². The number of H-pyrrole nitrogens is 2. The van der Waals surface area contributed by atoms with Gasteiger partial charge in [-0.1, -0.05) is 18.2 Å². The van der Waals surface area contributed by atoms with Gasteiger partial charge in [0.05, 0.1) is 16.9 Å². The van der Waals surface area contributed by atoms with Gasteiger partial charge in [-0.3, -0.25) is 4.90 Å². The molecule has 0 amide bonds. The van der Waals surface area contributed by atoms with E-state index in [1.54, 1.807) is 0 Å². The summed E-state index contributed by atoms with van der Waals surface area (Å²) in [6, 6.07) is 17.2. The molecule has 6 heteroatoms. The van der Waals surface area contributed by atoms with Crippen LogP contribution in [0.2, 0.25) is 0 Å². The largest absolute Gasteiger partial charge is 0.397 e. The Morgan fingerprint density at radius 1 is 1.03 bits per heavy atom. The van der Waals surface area contributed by atoms with Crippen molar-refractivity contribution in [2.75, 3.05) is 18.8 Å². The number of anilines is 1. The Morgan fingerprint density at radius 3 is 2.56 bits per heavy atom. The third kappa shape index (κ3) is 3.41. The van der Waals surface area contributed by atoms with Gasteiger partial charge < -0.3 is 20.1 Å². The van der Waals surface area contributed by atoms with Crippen LogP contribution in [0.15, 0.2) is 54.7 Å². The zero-order chi connectivity index (χ0) is 23.4. The molecule has 0 bridgehead atoms. The smallest absolute Gasteiger partial charge is 0.117 e. The SMILES string of the molecule is Cc1cc(C(C)N2CCC(c3nc(-c4cc5ccccc5[nH]4)c4c(N)cccn34)CC2)c(C)[nH]1. The lowest BCUT2D eigenvalue weighted by molar-refractivity contribution is 0.160.